The molecule has 0 saturated heterocycles. The molecule has 0 saturated carbocycles. The largest absolute Gasteiger partial charge is 0.497 e. The second kappa shape index (κ2) is 13.2. The van der Waals surface area contributed by atoms with Gasteiger partial charge in [0.1, 0.15) is 24.2 Å². The van der Waals surface area contributed by atoms with E-state index in [-0.39, 0.29) is 23.0 Å². The Morgan fingerprint density at radius 2 is 1.56 bits per heavy atom. The van der Waals surface area contributed by atoms with Gasteiger partial charge in [0, 0.05) is 13.1 Å². The van der Waals surface area contributed by atoms with Crippen LogP contribution in [0.15, 0.2) is 77.7 Å². The van der Waals surface area contributed by atoms with Crippen molar-refractivity contribution in [2.75, 3.05) is 24.5 Å². The third kappa shape index (κ3) is 7.35. The van der Waals surface area contributed by atoms with Gasteiger partial charge >= 0.3 is 0 Å². The summed E-state index contributed by atoms with van der Waals surface area (Å²) >= 11 is 0. The average Bonchev–Trinajstić information content (AvgIpc) is 2.93. The van der Waals surface area contributed by atoms with Crippen LogP contribution < -0.4 is 14.4 Å². The van der Waals surface area contributed by atoms with E-state index >= 15 is 0 Å². The zero-order valence-corrected chi connectivity index (χ0v) is 23.4. The third-order valence-electron chi connectivity index (χ3n) is 6.25. The van der Waals surface area contributed by atoms with Gasteiger partial charge in [0.05, 0.1) is 17.7 Å². The van der Waals surface area contributed by atoms with Gasteiger partial charge in [0.2, 0.25) is 11.8 Å². The molecule has 3 rings (SSSR count). The van der Waals surface area contributed by atoms with Gasteiger partial charge < -0.3 is 15.0 Å². The minimum Gasteiger partial charge on any atom is -0.497 e. The van der Waals surface area contributed by atoms with Crippen molar-refractivity contribution < 1.29 is 27.1 Å². The Morgan fingerprint density at radius 1 is 0.949 bits per heavy atom. The van der Waals surface area contributed by atoms with Crippen LogP contribution >= 0.6 is 0 Å². The summed E-state index contributed by atoms with van der Waals surface area (Å²) < 4.78 is 47.4. The van der Waals surface area contributed by atoms with Gasteiger partial charge in [-0.25, -0.2) is 12.8 Å². The minimum absolute atomic E-state index is 0.00418. The summed E-state index contributed by atoms with van der Waals surface area (Å²) in [6.07, 6.45) is 0.298. The van der Waals surface area contributed by atoms with Crippen LogP contribution in [0.25, 0.3) is 0 Å². The van der Waals surface area contributed by atoms with Crippen LogP contribution in [0.4, 0.5) is 10.1 Å². The number of methoxy groups -OCH3 is 1. The number of benzene rings is 3. The third-order valence-corrected chi connectivity index (χ3v) is 8.04. The number of likely N-dealkylation sites (N-methyl/N-ethyl adjacent to an activating group) is 1. The monoisotopic (exact) mass is 555 g/mol. The molecule has 0 radical (unpaired) electrons. The maximum Gasteiger partial charge on any atom is 0.264 e. The lowest BCUT2D eigenvalue weighted by Gasteiger charge is -2.33. The number of hydrogen-bond donors (Lipinski definition) is 1. The van der Waals surface area contributed by atoms with E-state index in [0.29, 0.717) is 24.3 Å². The smallest absolute Gasteiger partial charge is 0.264 e. The highest BCUT2D eigenvalue weighted by Crippen LogP contribution is 2.27. The van der Waals surface area contributed by atoms with Crippen molar-refractivity contribution in [2.45, 2.75) is 44.7 Å². The fraction of sp³-hybridized carbons (Fsp3) is 0.310. The molecule has 1 N–H and O–H groups in total. The summed E-state index contributed by atoms with van der Waals surface area (Å²) in [5.41, 5.74) is 1.75. The fourth-order valence-electron chi connectivity index (χ4n) is 4.11. The Morgan fingerprint density at radius 3 is 2.10 bits per heavy atom. The molecule has 10 heteroatoms. The first-order chi connectivity index (χ1) is 18.6. The molecular weight excluding hydrogens is 521 g/mol. The van der Waals surface area contributed by atoms with Crippen molar-refractivity contribution in [1.82, 2.24) is 10.2 Å². The molecule has 0 spiro atoms. The van der Waals surface area contributed by atoms with Gasteiger partial charge in [-0.1, -0.05) is 36.8 Å². The molecule has 2 amide bonds. The van der Waals surface area contributed by atoms with Crippen molar-refractivity contribution in [3.8, 4) is 5.75 Å². The van der Waals surface area contributed by atoms with E-state index < -0.39 is 34.3 Å². The molecule has 0 aromatic heterocycles. The normalized spacial score (nSPS) is 11.9. The van der Waals surface area contributed by atoms with Gasteiger partial charge in [0.15, 0.2) is 0 Å². The zero-order chi connectivity index (χ0) is 28.6. The second-order valence-corrected chi connectivity index (χ2v) is 10.9. The first kappa shape index (κ1) is 29.6. The molecule has 0 aliphatic carbocycles. The molecule has 3 aromatic carbocycles. The molecule has 0 aliphatic heterocycles. The van der Waals surface area contributed by atoms with E-state index in [4.69, 9.17) is 4.74 Å². The van der Waals surface area contributed by atoms with E-state index in [0.717, 1.165) is 9.87 Å². The van der Waals surface area contributed by atoms with Crippen LogP contribution in [0.5, 0.6) is 5.75 Å². The molecule has 1 atom stereocenters. The number of carbonyl (C=O) groups excluding carboxylic acids is 2. The first-order valence-electron chi connectivity index (χ1n) is 12.7. The quantitative estimate of drug-likeness (QED) is 0.360. The predicted molar refractivity (Wildman–Crippen MR) is 148 cm³/mol. The van der Waals surface area contributed by atoms with E-state index in [1.807, 2.05) is 6.92 Å². The number of amides is 2. The highest BCUT2D eigenvalue weighted by Gasteiger charge is 2.33. The number of aryl methyl sites for hydroxylation is 1. The maximum absolute atomic E-state index is 13.9. The molecule has 0 heterocycles. The summed E-state index contributed by atoms with van der Waals surface area (Å²) in [7, 11) is -2.67. The Kier molecular flexibility index (Phi) is 10.1. The average molecular weight is 556 g/mol. The SMILES string of the molecule is CCNC(=O)[C@H](CC)N(Cc1ccc(F)cc1)C(=O)CN(c1ccc(OC)cc1)S(=O)(=O)c1ccc(C)cc1. The summed E-state index contributed by atoms with van der Waals surface area (Å²) in [4.78, 5) is 28.2. The van der Waals surface area contributed by atoms with E-state index in [1.165, 1.54) is 48.4 Å². The number of rotatable bonds is 12. The lowest BCUT2D eigenvalue weighted by molar-refractivity contribution is -0.140. The number of ether oxygens (including phenoxy) is 1. The van der Waals surface area contributed by atoms with Crippen LogP contribution in [0.2, 0.25) is 0 Å². The molecule has 0 bridgehead atoms. The van der Waals surface area contributed by atoms with Gasteiger partial charge in [-0.15, -0.1) is 0 Å². The standard InChI is InChI=1S/C29H34FN3O5S/c1-5-27(29(35)31-6-2)32(19-22-9-11-23(30)12-10-22)28(34)20-33(24-13-15-25(38-4)16-14-24)39(36,37)26-17-7-21(3)8-18-26/h7-18,27H,5-6,19-20H2,1-4H3,(H,31,35)/t27-/m0/s1. The fourth-order valence-corrected chi connectivity index (χ4v) is 5.53. The van der Waals surface area contributed by atoms with Crippen molar-refractivity contribution in [2.24, 2.45) is 0 Å². The van der Waals surface area contributed by atoms with Crippen molar-refractivity contribution in [1.29, 1.82) is 0 Å². The lowest BCUT2D eigenvalue weighted by Crippen LogP contribution is -2.52. The van der Waals surface area contributed by atoms with Gasteiger partial charge in [0.25, 0.3) is 10.0 Å². The number of sulfonamides is 1. The number of halogens is 1. The topological polar surface area (TPSA) is 96.0 Å². The van der Waals surface area contributed by atoms with Crippen LogP contribution in [-0.2, 0) is 26.2 Å². The zero-order valence-electron chi connectivity index (χ0n) is 22.6. The van der Waals surface area contributed by atoms with E-state index in [9.17, 15) is 22.4 Å². The minimum atomic E-state index is -4.17. The highest BCUT2D eigenvalue weighted by atomic mass is 32.2. The van der Waals surface area contributed by atoms with Gasteiger partial charge in [-0.3, -0.25) is 13.9 Å². The van der Waals surface area contributed by atoms with E-state index in [2.05, 4.69) is 5.32 Å². The Balaban J connectivity index is 2.05. The molecule has 39 heavy (non-hydrogen) atoms. The molecule has 208 valence electrons. The summed E-state index contributed by atoms with van der Waals surface area (Å²) in [6, 6.07) is 17.4. The van der Waals surface area contributed by atoms with Gasteiger partial charge in [-0.2, -0.15) is 0 Å². The number of carbonyl (C=O) groups is 2. The Bertz CT molecular complexity index is 1360. The number of nitrogens with one attached hydrogen (secondary N) is 1. The van der Waals surface area contributed by atoms with Crippen LogP contribution in [0.3, 0.4) is 0 Å². The molecular formula is C29H34FN3O5S. The number of nitrogens with zero attached hydrogens (tertiary/aromatic N) is 2. The van der Waals surface area contributed by atoms with Crippen molar-refractivity contribution in [3.63, 3.8) is 0 Å². The van der Waals surface area contributed by atoms with Crippen LogP contribution in [0, 0.1) is 12.7 Å². The van der Waals surface area contributed by atoms with Crippen molar-refractivity contribution in [3.05, 3.63) is 89.7 Å². The lowest BCUT2D eigenvalue weighted by atomic mass is 10.1. The van der Waals surface area contributed by atoms with Crippen LogP contribution in [-0.4, -0.2) is 51.4 Å². The first-order valence-corrected chi connectivity index (χ1v) is 14.1. The summed E-state index contributed by atoms with van der Waals surface area (Å²) in [6.45, 7) is 5.20. The van der Waals surface area contributed by atoms with Crippen molar-refractivity contribution >= 4 is 27.5 Å². The van der Waals surface area contributed by atoms with Gasteiger partial charge in [-0.05, 0) is 74.4 Å². The summed E-state index contributed by atoms with van der Waals surface area (Å²) in [5.74, 6) is -0.836. The number of hydrogen-bond acceptors (Lipinski definition) is 5. The molecule has 0 fully saturated rings. The van der Waals surface area contributed by atoms with Crippen LogP contribution in [0.1, 0.15) is 31.4 Å². The summed E-state index contributed by atoms with van der Waals surface area (Å²) in [5, 5.41) is 2.75. The second-order valence-electron chi connectivity index (χ2n) is 8.99. The Hall–Kier alpha value is -3.92. The maximum atomic E-state index is 13.9. The molecule has 8 nitrogen and oxygen atoms in total. The number of anilines is 1. The predicted octanol–water partition coefficient (Wildman–Crippen LogP) is 4.28. The molecule has 0 unspecified atom stereocenters. The van der Waals surface area contributed by atoms with E-state index in [1.54, 1.807) is 50.2 Å². The Labute approximate surface area is 229 Å². The molecule has 3 aromatic rings. The molecule has 0 aliphatic rings. The highest BCUT2D eigenvalue weighted by molar-refractivity contribution is 7.92.